The Kier molecular flexibility index (Phi) is 52.8. The predicted octanol–water partition coefficient (Wildman–Crippen LogP) is -0.763. The van der Waals surface area contributed by atoms with E-state index in [2.05, 4.69) is 0 Å². The van der Waals surface area contributed by atoms with E-state index in [0.29, 0.717) is 0 Å². The van der Waals surface area contributed by atoms with Crippen LogP contribution in [0.15, 0.2) is 0 Å². The molecule has 0 aromatic heterocycles. The van der Waals surface area contributed by atoms with Gasteiger partial charge in [-0.15, -0.1) is 0 Å². The zero-order valence-electron chi connectivity index (χ0n) is 4.15. The van der Waals surface area contributed by atoms with Gasteiger partial charge in [-0.25, -0.2) is 0 Å². The summed E-state index contributed by atoms with van der Waals surface area (Å²) in [5.41, 5.74) is 0. The molecule has 0 aromatic carbocycles. The molecule has 2 radical (unpaired) electrons. The average Bonchev–Trinajstić information content (AvgIpc) is 0.918. The summed E-state index contributed by atoms with van der Waals surface area (Å²) in [4.78, 5) is 0. The van der Waals surface area contributed by atoms with Crippen LogP contribution in [0.5, 0.6) is 0 Å². The average molecular weight is 92.0 g/mol. The van der Waals surface area contributed by atoms with Gasteiger partial charge in [0.2, 0.25) is 0 Å². The van der Waals surface area contributed by atoms with Crippen LogP contribution in [0, 0.1) is 0 Å². The first-order chi connectivity index (χ1) is 1.41. The normalized spacial score (nSPS) is 3.60. The van der Waals surface area contributed by atoms with E-state index in [1.54, 1.807) is 6.92 Å². The van der Waals surface area contributed by atoms with Gasteiger partial charge >= 0.3 is 0 Å². The van der Waals surface area contributed by atoms with Gasteiger partial charge in [0.15, 0.2) is 0 Å². The Bertz CT molecular complexity index is 7.61. The smallest absolute Gasteiger partial charge is 0.0402 e. The van der Waals surface area contributed by atoms with Crippen LogP contribution in [0.2, 0.25) is 0 Å². The van der Waals surface area contributed by atoms with Crippen LogP contribution >= 0.6 is 0 Å². The monoisotopic (exact) mass is 92.0 g/mol. The Morgan fingerprint density at radius 1 is 1.40 bits per heavy atom. The summed E-state index contributed by atoms with van der Waals surface area (Å²) in [5.74, 6) is 0. The van der Waals surface area contributed by atoms with E-state index in [1.807, 2.05) is 0 Å². The third-order valence-corrected chi connectivity index (χ3v) is 0. The molecule has 22 valence electrons. The molecule has 0 saturated carbocycles. The molecule has 0 aliphatic carbocycles. The first kappa shape index (κ1) is 15.8. The van der Waals surface area contributed by atoms with Crippen molar-refractivity contribution in [1.29, 1.82) is 0 Å². The number of hydrogen-bond donors (Lipinski definition) is 1. The number of hydrogen-bond acceptors (Lipinski definition) is 1. The van der Waals surface area contributed by atoms with Gasteiger partial charge in [-0.05, 0) is 6.92 Å². The van der Waals surface area contributed by atoms with Crippen molar-refractivity contribution in [2.75, 3.05) is 6.61 Å². The zero-order valence-corrected chi connectivity index (χ0v) is 8.15. The summed E-state index contributed by atoms with van der Waals surface area (Å²) in [7, 11) is 0. The van der Waals surface area contributed by atoms with Gasteiger partial charge < -0.3 is 5.11 Å². The van der Waals surface area contributed by atoms with Gasteiger partial charge in [0, 0.05) is 65.7 Å². The van der Waals surface area contributed by atoms with Crippen molar-refractivity contribution in [1.82, 2.24) is 0 Å². The van der Waals surface area contributed by atoms with Gasteiger partial charge in [-0.2, -0.15) is 0 Å². The zero-order chi connectivity index (χ0) is 2.71. The van der Waals surface area contributed by atoms with Crippen LogP contribution < -0.4 is 0 Å². The van der Waals surface area contributed by atoms with E-state index >= 15 is 0 Å². The molecule has 0 amide bonds. The van der Waals surface area contributed by atoms with Crippen LogP contribution in [0.3, 0.4) is 0 Å². The molecule has 1 nitrogen and oxygen atoms in total. The second kappa shape index (κ2) is 16.7. The minimum absolute atomic E-state index is 0. The van der Waals surface area contributed by atoms with Crippen molar-refractivity contribution >= 4 is 59.1 Å². The van der Waals surface area contributed by atoms with Crippen molar-refractivity contribution in [2.45, 2.75) is 6.92 Å². The van der Waals surface area contributed by atoms with Gasteiger partial charge in [0.1, 0.15) is 0 Å². The van der Waals surface area contributed by atoms with Gasteiger partial charge in [0.25, 0.3) is 0 Å². The molecule has 0 bridgehead atoms. The van der Waals surface area contributed by atoms with Crippen molar-refractivity contribution in [3.8, 4) is 0 Å². The Morgan fingerprint density at radius 2 is 1.40 bits per heavy atom. The largest absolute Gasteiger partial charge is 0.397 e. The fourth-order valence-electron chi connectivity index (χ4n) is 0. The molecule has 3 heteroatoms. The standard InChI is InChI=1S/C2H6O.2Na/c1-2-3;;/h3H,2H2,1H3;;. The van der Waals surface area contributed by atoms with Crippen molar-refractivity contribution in [2.24, 2.45) is 0 Å². The molecular weight excluding hydrogens is 86.0 g/mol. The van der Waals surface area contributed by atoms with Crippen LogP contribution in [0.1, 0.15) is 6.92 Å². The van der Waals surface area contributed by atoms with Crippen LogP contribution in [-0.2, 0) is 0 Å². The quantitative estimate of drug-likeness (QED) is 0.389. The second-order valence-electron chi connectivity index (χ2n) is 0.316. The second-order valence-corrected chi connectivity index (χ2v) is 0.316. The third kappa shape index (κ3) is 24.3. The summed E-state index contributed by atoms with van der Waals surface area (Å²) in [5, 5.41) is 7.57. The minimum Gasteiger partial charge on any atom is -0.397 e. The predicted molar refractivity (Wildman–Crippen MR) is 24.3 cm³/mol. The minimum atomic E-state index is 0. The number of rotatable bonds is 0. The molecule has 0 atom stereocenters. The first-order valence-electron chi connectivity index (χ1n) is 1.02. The van der Waals surface area contributed by atoms with E-state index in [0.717, 1.165) is 0 Å². The summed E-state index contributed by atoms with van der Waals surface area (Å²) in [6.45, 7) is 1.93. The Labute approximate surface area is 76.7 Å². The molecule has 0 saturated heterocycles. The molecule has 0 aromatic rings. The van der Waals surface area contributed by atoms with Crippen molar-refractivity contribution < 1.29 is 5.11 Å². The number of aliphatic hydroxyl groups excluding tert-OH is 1. The van der Waals surface area contributed by atoms with E-state index in [1.165, 1.54) is 0 Å². The van der Waals surface area contributed by atoms with Crippen LogP contribution in [-0.4, -0.2) is 70.8 Å². The maximum Gasteiger partial charge on any atom is 0.0402 e. The van der Waals surface area contributed by atoms with Crippen molar-refractivity contribution in [3.05, 3.63) is 0 Å². The van der Waals surface area contributed by atoms with Crippen LogP contribution in [0.4, 0.5) is 0 Å². The van der Waals surface area contributed by atoms with Gasteiger partial charge in [0.05, 0.1) is 0 Å². The summed E-state index contributed by atoms with van der Waals surface area (Å²) < 4.78 is 0. The Hall–Kier alpha value is 1.96. The fourth-order valence-corrected chi connectivity index (χ4v) is 0. The van der Waals surface area contributed by atoms with E-state index in [4.69, 9.17) is 5.11 Å². The third-order valence-electron chi connectivity index (χ3n) is 0. The van der Waals surface area contributed by atoms with Gasteiger partial charge in [-0.1, -0.05) is 0 Å². The Balaban J connectivity index is -0.0000000200. The molecule has 0 aliphatic heterocycles. The molecule has 0 aliphatic rings. The molecular formula is C2H6Na2O. The van der Waals surface area contributed by atoms with Crippen LogP contribution in [0.25, 0.3) is 0 Å². The first-order valence-corrected chi connectivity index (χ1v) is 1.02. The van der Waals surface area contributed by atoms with E-state index in [-0.39, 0.29) is 65.7 Å². The molecule has 0 unspecified atom stereocenters. The number of aliphatic hydroxyl groups is 1. The molecule has 0 heterocycles. The fraction of sp³-hybridized carbons (Fsp3) is 1.00. The van der Waals surface area contributed by atoms with E-state index < -0.39 is 0 Å². The molecule has 0 rings (SSSR count). The Morgan fingerprint density at radius 3 is 1.40 bits per heavy atom. The molecule has 1 N–H and O–H groups in total. The molecule has 0 fully saturated rings. The maximum absolute atomic E-state index is 7.57. The topological polar surface area (TPSA) is 20.2 Å². The van der Waals surface area contributed by atoms with Gasteiger partial charge in [-0.3, -0.25) is 0 Å². The summed E-state index contributed by atoms with van der Waals surface area (Å²) in [6, 6.07) is 0. The molecule has 5 heavy (non-hydrogen) atoms. The maximum atomic E-state index is 7.57. The SMILES string of the molecule is CCO.[Na].[Na]. The summed E-state index contributed by atoms with van der Waals surface area (Å²) >= 11 is 0. The summed E-state index contributed by atoms with van der Waals surface area (Å²) in [6.07, 6.45) is 0. The van der Waals surface area contributed by atoms with Crippen molar-refractivity contribution in [3.63, 3.8) is 0 Å². The molecule has 0 spiro atoms. The van der Waals surface area contributed by atoms with E-state index in [9.17, 15) is 0 Å².